The summed E-state index contributed by atoms with van der Waals surface area (Å²) in [5.41, 5.74) is 0.931. The standard InChI is InChI=1S/C20H25NO5/c1-3-24-16-10-9-14(13-18(16)25-4-2)19(17-8-6-12-26-17)21-11-5-7-15(21)20(22)23/h6,8-10,12-13,15,19H,3-5,7,11H2,1-2H3,(H,22,23). The Bertz CT molecular complexity index is 728. The maximum Gasteiger partial charge on any atom is 0.320 e. The molecule has 1 aliphatic rings. The van der Waals surface area contributed by atoms with Gasteiger partial charge in [-0.25, -0.2) is 0 Å². The minimum atomic E-state index is -0.796. The van der Waals surface area contributed by atoms with E-state index < -0.39 is 12.0 Å². The molecule has 2 aromatic rings. The van der Waals surface area contributed by atoms with Gasteiger partial charge in [0, 0.05) is 6.54 Å². The number of hydrogen-bond acceptors (Lipinski definition) is 5. The number of carbonyl (C=O) groups is 1. The van der Waals surface area contributed by atoms with E-state index in [4.69, 9.17) is 13.9 Å². The summed E-state index contributed by atoms with van der Waals surface area (Å²) in [5.74, 6) is 1.28. The summed E-state index contributed by atoms with van der Waals surface area (Å²) >= 11 is 0. The van der Waals surface area contributed by atoms with E-state index in [2.05, 4.69) is 0 Å². The predicted octanol–water partition coefficient (Wildman–Crippen LogP) is 3.72. The number of likely N-dealkylation sites (tertiary alicyclic amines) is 1. The molecule has 3 rings (SSSR count). The van der Waals surface area contributed by atoms with E-state index in [1.807, 2.05) is 49.1 Å². The Labute approximate surface area is 153 Å². The molecule has 1 N–H and O–H groups in total. The minimum absolute atomic E-state index is 0.275. The summed E-state index contributed by atoms with van der Waals surface area (Å²) in [6.45, 7) is 5.63. The highest BCUT2D eigenvalue weighted by molar-refractivity contribution is 5.74. The van der Waals surface area contributed by atoms with Gasteiger partial charge in [0.1, 0.15) is 11.8 Å². The molecule has 1 aromatic carbocycles. The molecule has 1 saturated heterocycles. The fourth-order valence-electron chi connectivity index (χ4n) is 3.57. The number of aliphatic carboxylic acids is 1. The second kappa shape index (κ2) is 8.27. The molecule has 26 heavy (non-hydrogen) atoms. The van der Waals surface area contributed by atoms with Gasteiger partial charge in [-0.15, -0.1) is 0 Å². The minimum Gasteiger partial charge on any atom is -0.490 e. The molecule has 2 heterocycles. The molecule has 0 radical (unpaired) electrons. The summed E-state index contributed by atoms with van der Waals surface area (Å²) < 4.78 is 17.0. The highest BCUT2D eigenvalue weighted by Gasteiger charge is 2.38. The van der Waals surface area contributed by atoms with Gasteiger partial charge in [0.15, 0.2) is 11.5 Å². The van der Waals surface area contributed by atoms with Gasteiger partial charge >= 0.3 is 5.97 Å². The van der Waals surface area contributed by atoms with Gasteiger partial charge in [-0.2, -0.15) is 0 Å². The normalized spacial score (nSPS) is 18.6. The van der Waals surface area contributed by atoms with E-state index >= 15 is 0 Å². The van der Waals surface area contributed by atoms with Crippen molar-refractivity contribution >= 4 is 5.97 Å². The molecular weight excluding hydrogens is 334 g/mol. The first-order valence-electron chi connectivity index (χ1n) is 9.07. The van der Waals surface area contributed by atoms with Gasteiger partial charge in [0.2, 0.25) is 0 Å². The topological polar surface area (TPSA) is 72.1 Å². The Balaban J connectivity index is 2.02. The lowest BCUT2D eigenvalue weighted by Crippen LogP contribution is -2.39. The number of carboxylic acids is 1. The lowest BCUT2D eigenvalue weighted by molar-refractivity contribution is -0.142. The predicted molar refractivity (Wildman–Crippen MR) is 96.7 cm³/mol. The molecular formula is C20H25NO5. The zero-order valence-electron chi connectivity index (χ0n) is 15.2. The van der Waals surface area contributed by atoms with Crippen LogP contribution in [0.2, 0.25) is 0 Å². The number of rotatable bonds is 8. The van der Waals surface area contributed by atoms with Gasteiger partial charge in [0.25, 0.3) is 0 Å². The Morgan fingerprint density at radius 3 is 2.69 bits per heavy atom. The smallest absolute Gasteiger partial charge is 0.320 e. The van der Waals surface area contributed by atoms with Crippen LogP contribution in [0.25, 0.3) is 0 Å². The van der Waals surface area contributed by atoms with Crippen molar-refractivity contribution in [2.45, 2.75) is 38.8 Å². The zero-order valence-corrected chi connectivity index (χ0v) is 15.2. The molecule has 1 aromatic heterocycles. The van der Waals surface area contributed by atoms with Crippen molar-refractivity contribution in [2.24, 2.45) is 0 Å². The summed E-state index contributed by atoms with van der Waals surface area (Å²) in [7, 11) is 0. The number of benzene rings is 1. The van der Waals surface area contributed by atoms with Crippen LogP contribution in [0.3, 0.4) is 0 Å². The fourth-order valence-corrected chi connectivity index (χ4v) is 3.57. The second-order valence-corrected chi connectivity index (χ2v) is 6.22. The average Bonchev–Trinajstić information content (AvgIpc) is 3.30. The highest BCUT2D eigenvalue weighted by atomic mass is 16.5. The van der Waals surface area contributed by atoms with Gasteiger partial charge in [-0.3, -0.25) is 9.69 Å². The molecule has 140 valence electrons. The quantitative estimate of drug-likeness (QED) is 0.774. The maximum atomic E-state index is 11.7. The van der Waals surface area contributed by atoms with E-state index in [0.717, 1.165) is 17.7 Å². The summed E-state index contributed by atoms with van der Waals surface area (Å²) in [4.78, 5) is 13.7. The van der Waals surface area contributed by atoms with Gasteiger partial charge in [-0.1, -0.05) is 6.07 Å². The van der Waals surface area contributed by atoms with Crippen molar-refractivity contribution in [3.05, 3.63) is 47.9 Å². The SMILES string of the molecule is CCOc1ccc(C(c2ccco2)N2CCCC2C(=O)O)cc1OCC. The Hall–Kier alpha value is -2.47. The van der Waals surface area contributed by atoms with Gasteiger partial charge in [-0.05, 0) is 56.5 Å². The number of carboxylic acid groups (broad SMARTS) is 1. The summed E-state index contributed by atoms with van der Waals surface area (Å²) in [5, 5.41) is 9.61. The number of ether oxygens (including phenoxy) is 2. The van der Waals surface area contributed by atoms with Crippen LogP contribution in [-0.4, -0.2) is 41.8 Å². The van der Waals surface area contributed by atoms with Crippen LogP contribution in [0, 0.1) is 0 Å². The number of furan rings is 1. The van der Waals surface area contributed by atoms with E-state index in [1.54, 1.807) is 6.26 Å². The van der Waals surface area contributed by atoms with Crippen LogP contribution in [0.15, 0.2) is 41.0 Å². The van der Waals surface area contributed by atoms with Crippen molar-refractivity contribution in [3.8, 4) is 11.5 Å². The van der Waals surface area contributed by atoms with Crippen molar-refractivity contribution < 1.29 is 23.8 Å². The Morgan fingerprint density at radius 1 is 1.27 bits per heavy atom. The van der Waals surface area contributed by atoms with Crippen LogP contribution in [0.1, 0.15) is 44.1 Å². The van der Waals surface area contributed by atoms with Gasteiger partial charge in [0.05, 0.1) is 25.5 Å². The molecule has 6 nitrogen and oxygen atoms in total. The van der Waals surface area contributed by atoms with E-state index in [9.17, 15) is 9.90 Å². The maximum absolute atomic E-state index is 11.7. The second-order valence-electron chi connectivity index (χ2n) is 6.22. The lowest BCUT2D eigenvalue weighted by Gasteiger charge is -2.30. The molecule has 1 aliphatic heterocycles. The molecule has 0 bridgehead atoms. The van der Waals surface area contributed by atoms with Crippen LogP contribution in [-0.2, 0) is 4.79 Å². The first-order valence-corrected chi connectivity index (χ1v) is 9.07. The van der Waals surface area contributed by atoms with Crippen molar-refractivity contribution in [2.75, 3.05) is 19.8 Å². The molecule has 0 spiro atoms. The number of nitrogens with zero attached hydrogens (tertiary/aromatic N) is 1. The van der Waals surface area contributed by atoms with Crippen LogP contribution < -0.4 is 9.47 Å². The van der Waals surface area contributed by atoms with E-state index in [1.165, 1.54) is 0 Å². The zero-order chi connectivity index (χ0) is 18.5. The van der Waals surface area contributed by atoms with Crippen LogP contribution in [0.5, 0.6) is 11.5 Å². The van der Waals surface area contributed by atoms with Crippen molar-refractivity contribution in [1.29, 1.82) is 0 Å². The van der Waals surface area contributed by atoms with E-state index in [0.29, 0.717) is 37.7 Å². The third-order valence-corrected chi connectivity index (χ3v) is 4.61. The van der Waals surface area contributed by atoms with Crippen LogP contribution in [0.4, 0.5) is 0 Å². The molecule has 6 heteroatoms. The number of hydrogen-bond donors (Lipinski definition) is 1. The molecule has 0 aliphatic carbocycles. The Kier molecular flexibility index (Phi) is 5.83. The first-order chi connectivity index (χ1) is 12.7. The molecule has 0 amide bonds. The highest BCUT2D eigenvalue weighted by Crippen LogP contribution is 2.38. The van der Waals surface area contributed by atoms with Crippen LogP contribution >= 0.6 is 0 Å². The molecule has 2 atom stereocenters. The van der Waals surface area contributed by atoms with Gasteiger partial charge < -0.3 is 19.0 Å². The Morgan fingerprint density at radius 2 is 2.04 bits per heavy atom. The summed E-state index contributed by atoms with van der Waals surface area (Å²) in [6, 6.07) is 8.68. The van der Waals surface area contributed by atoms with E-state index in [-0.39, 0.29) is 6.04 Å². The largest absolute Gasteiger partial charge is 0.490 e. The third-order valence-electron chi connectivity index (χ3n) is 4.61. The average molecular weight is 359 g/mol. The molecule has 0 saturated carbocycles. The van der Waals surface area contributed by atoms with Crippen molar-refractivity contribution in [3.63, 3.8) is 0 Å². The molecule has 1 fully saturated rings. The third kappa shape index (κ3) is 3.70. The summed E-state index contributed by atoms with van der Waals surface area (Å²) in [6.07, 6.45) is 3.11. The van der Waals surface area contributed by atoms with Crippen molar-refractivity contribution in [1.82, 2.24) is 4.90 Å². The molecule has 2 unspecified atom stereocenters. The monoisotopic (exact) mass is 359 g/mol. The first kappa shape index (κ1) is 18.3. The fraction of sp³-hybridized carbons (Fsp3) is 0.450. The lowest BCUT2D eigenvalue weighted by atomic mass is 10.0.